The summed E-state index contributed by atoms with van der Waals surface area (Å²) in [6.45, 7) is 1.55. The second-order valence-electron chi connectivity index (χ2n) is 9.07. The lowest BCUT2D eigenvalue weighted by atomic mass is 10.0. The zero-order chi connectivity index (χ0) is 27.1. The highest BCUT2D eigenvalue weighted by atomic mass is 16.4. The van der Waals surface area contributed by atoms with Gasteiger partial charge in [0.2, 0.25) is 17.7 Å². The molecular weight excluding hydrogens is 484 g/mol. The number of likely N-dealkylation sites (tertiary alicyclic amines) is 1. The summed E-state index contributed by atoms with van der Waals surface area (Å²) in [5.74, 6) is -3.23. The summed E-state index contributed by atoms with van der Waals surface area (Å²) in [7, 11) is 0. The number of aliphatic hydroxyl groups excluding tert-OH is 1. The zero-order valence-corrected chi connectivity index (χ0v) is 20.3. The van der Waals surface area contributed by atoms with Crippen LogP contribution in [-0.4, -0.2) is 90.7 Å². The number of hydrogen-bond acceptors (Lipinski definition) is 8. The maximum absolute atomic E-state index is 13.3. The highest BCUT2D eigenvalue weighted by molar-refractivity contribution is 5.94. The van der Waals surface area contributed by atoms with E-state index in [0.29, 0.717) is 30.6 Å². The number of H-pyrrole nitrogens is 1. The van der Waals surface area contributed by atoms with E-state index in [0.717, 1.165) is 0 Å². The highest BCUT2D eigenvalue weighted by Gasteiger charge is 2.38. The number of hydrogen-bond donors (Lipinski definition) is 7. The van der Waals surface area contributed by atoms with Crippen LogP contribution in [0.5, 0.6) is 5.75 Å². The fourth-order valence-electron chi connectivity index (χ4n) is 4.22. The van der Waals surface area contributed by atoms with Gasteiger partial charge in [-0.15, -0.1) is 0 Å². The van der Waals surface area contributed by atoms with Crippen molar-refractivity contribution in [3.8, 4) is 5.75 Å². The van der Waals surface area contributed by atoms with Crippen LogP contribution in [0.2, 0.25) is 0 Å². The number of aromatic nitrogens is 2. The summed E-state index contributed by atoms with van der Waals surface area (Å²) < 4.78 is 0. The number of aromatic amines is 1. The Hall–Kier alpha value is -3.97. The SMILES string of the molecule is CC(O)C(NC(=O)C(Cc1ccc(O)cc1)NC(=O)C1CCCN1C(=O)C(N)Cc1cnc[nH]1)C(=O)O. The van der Waals surface area contributed by atoms with E-state index in [1.165, 1.54) is 30.3 Å². The first kappa shape index (κ1) is 27.6. The molecule has 8 N–H and O–H groups in total. The first-order chi connectivity index (χ1) is 17.6. The molecule has 13 nitrogen and oxygen atoms in total. The summed E-state index contributed by atoms with van der Waals surface area (Å²) in [5.41, 5.74) is 7.36. The topological polar surface area (TPSA) is 211 Å². The molecule has 5 unspecified atom stereocenters. The number of carbonyl (C=O) groups is 4. The van der Waals surface area contributed by atoms with Crippen molar-refractivity contribution < 1.29 is 34.5 Å². The molecule has 2 aromatic rings. The lowest BCUT2D eigenvalue weighted by Gasteiger charge is -2.29. The van der Waals surface area contributed by atoms with E-state index in [9.17, 15) is 34.5 Å². The molecule has 1 aromatic heterocycles. The van der Waals surface area contributed by atoms with E-state index in [2.05, 4.69) is 20.6 Å². The largest absolute Gasteiger partial charge is 0.508 e. The first-order valence-electron chi connectivity index (χ1n) is 11.9. The number of aliphatic carboxylic acids is 1. The van der Waals surface area contributed by atoms with Gasteiger partial charge in [-0.2, -0.15) is 0 Å². The first-order valence-corrected chi connectivity index (χ1v) is 11.9. The molecule has 3 rings (SSSR count). The van der Waals surface area contributed by atoms with E-state index in [1.54, 1.807) is 18.3 Å². The molecule has 0 spiro atoms. The normalized spacial score (nSPS) is 18.5. The Balaban J connectivity index is 1.74. The maximum Gasteiger partial charge on any atom is 0.328 e. The molecule has 0 aliphatic carbocycles. The quantitative estimate of drug-likeness (QED) is 0.188. The lowest BCUT2D eigenvalue weighted by Crippen LogP contribution is -2.58. The molecule has 5 atom stereocenters. The van der Waals surface area contributed by atoms with Crippen LogP contribution < -0.4 is 16.4 Å². The van der Waals surface area contributed by atoms with Gasteiger partial charge in [0.15, 0.2) is 6.04 Å². The number of phenolic OH excluding ortho intramolecular Hbond substituents is 1. The number of amides is 3. The van der Waals surface area contributed by atoms with Gasteiger partial charge in [0.05, 0.1) is 18.5 Å². The van der Waals surface area contributed by atoms with Crippen LogP contribution in [0.1, 0.15) is 31.0 Å². The third kappa shape index (κ3) is 7.27. The third-order valence-electron chi connectivity index (χ3n) is 6.21. The van der Waals surface area contributed by atoms with Crippen molar-refractivity contribution in [1.82, 2.24) is 25.5 Å². The average molecular weight is 517 g/mol. The van der Waals surface area contributed by atoms with Gasteiger partial charge < -0.3 is 41.6 Å². The molecule has 1 aliphatic rings. The minimum Gasteiger partial charge on any atom is -0.508 e. The molecule has 37 heavy (non-hydrogen) atoms. The van der Waals surface area contributed by atoms with Crippen LogP contribution in [0.15, 0.2) is 36.8 Å². The van der Waals surface area contributed by atoms with E-state index in [-0.39, 0.29) is 18.6 Å². The average Bonchev–Trinajstić information content (AvgIpc) is 3.54. The fourth-order valence-corrected chi connectivity index (χ4v) is 4.22. The van der Waals surface area contributed by atoms with E-state index in [1.807, 2.05) is 0 Å². The minimum absolute atomic E-state index is 0.0143. The van der Waals surface area contributed by atoms with Crippen molar-refractivity contribution >= 4 is 23.7 Å². The predicted molar refractivity (Wildman–Crippen MR) is 130 cm³/mol. The second-order valence-corrected chi connectivity index (χ2v) is 9.07. The Bertz CT molecular complexity index is 1090. The van der Waals surface area contributed by atoms with Crippen molar-refractivity contribution in [3.63, 3.8) is 0 Å². The minimum atomic E-state index is -1.59. The van der Waals surface area contributed by atoms with Gasteiger partial charge in [-0.1, -0.05) is 12.1 Å². The number of aromatic hydroxyl groups is 1. The molecule has 1 fully saturated rings. The Labute approximate surface area is 213 Å². The molecule has 0 saturated carbocycles. The Morgan fingerprint density at radius 2 is 1.89 bits per heavy atom. The van der Waals surface area contributed by atoms with Crippen LogP contribution in [0.4, 0.5) is 0 Å². The van der Waals surface area contributed by atoms with Crippen molar-refractivity contribution in [3.05, 3.63) is 48.0 Å². The summed E-state index contributed by atoms with van der Waals surface area (Å²) >= 11 is 0. The van der Waals surface area contributed by atoms with Gasteiger partial charge in [-0.05, 0) is 37.5 Å². The van der Waals surface area contributed by atoms with Crippen LogP contribution in [0, 0.1) is 0 Å². The Morgan fingerprint density at radius 3 is 2.49 bits per heavy atom. The van der Waals surface area contributed by atoms with E-state index in [4.69, 9.17) is 5.73 Å². The van der Waals surface area contributed by atoms with E-state index < -0.39 is 54.0 Å². The van der Waals surface area contributed by atoms with Crippen molar-refractivity contribution in [2.24, 2.45) is 5.73 Å². The summed E-state index contributed by atoms with van der Waals surface area (Å²) in [5, 5.41) is 33.5. The second kappa shape index (κ2) is 12.3. The van der Waals surface area contributed by atoms with Crippen molar-refractivity contribution in [2.45, 2.75) is 62.9 Å². The summed E-state index contributed by atoms with van der Waals surface area (Å²) in [6.07, 6.45) is 2.78. The fraction of sp³-hybridized carbons (Fsp3) is 0.458. The Morgan fingerprint density at radius 1 is 1.19 bits per heavy atom. The molecule has 0 radical (unpaired) electrons. The number of benzene rings is 1. The maximum atomic E-state index is 13.3. The molecule has 2 heterocycles. The molecule has 13 heteroatoms. The number of nitrogens with zero attached hydrogens (tertiary/aromatic N) is 2. The number of nitrogens with one attached hydrogen (secondary N) is 3. The number of carboxylic acids is 1. The smallest absolute Gasteiger partial charge is 0.328 e. The molecule has 1 saturated heterocycles. The predicted octanol–water partition coefficient (Wildman–Crippen LogP) is -1.35. The van der Waals surface area contributed by atoms with Gasteiger partial charge in [0.1, 0.15) is 17.8 Å². The molecule has 0 bridgehead atoms. The number of rotatable bonds is 11. The number of phenols is 1. The van der Waals surface area contributed by atoms with Gasteiger partial charge >= 0.3 is 5.97 Å². The summed E-state index contributed by atoms with van der Waals surface area (Å²) in [6, 6.07) is 1.40. The number of nitrogens with two attached hydrogens (primary N) is 1. The molecule has 1 aliphatic heterocycles. The number of imidazole rings is 1. The van der Waals surface area contributed by atoms with Gasteiger partial charge in [-0.3, -0.25) is 14.4 Å². The summed E-state index contributed by atoms with van der Waals surface area (Å²) in [4.78, 5) is 59.0. The molecule has 1 aromatic carbocycles. The Kier molecular flexibility index (Phi) is 9.20. The number of carbonyl (C=O) groups excluding carboxylic acids is 3. The van der Waals surface area contributed by atoms with Gasteiger partial charge in [-0.25, -0.2) is 9.78 Å². The van der Waals surface area contributed by atoms with Crippen LogP contribution in [0.3, 0.4) is 0 Å². The van der Waals surface area contributed by atoms with Crippen LogP contribution >= 0.6 is 0 Å². The standard InChI is InChI=1S/C24H32N6O7/c1-13(31)20(24(36)37)29-21(33)18(9-14-4-6-16(32)7-5-14)28-22(34)19-3-2-8-30(19)23(35)17(25)10-15-11-26-12-27-15/h4-7,11-13,17-20,31-32H,2-3,8-10,25H2,1H3,(H,26,27)(H,28,34)(H,29,33)(H,36,37). The van der Waals surface area contributed by atoms with Crippen LogP contribution in [0.25, 0.3) is 0 Å². The lowest BCUT2D eigenvalue weighted by molar-refractivity contribution is -0.145. The van der Waals surface area contributed by atoms with E-state index >= 15 is 0 Å². The highest BCUT2D eigenvalue weighted by Crippen LogP contribution is 2.20. The monoisotopic (exact) mass is 516 g/mol. The van der Waals surface area contributed by atoms with Crippen molar-refractivity contribution in [1.29, 1.82) is 0 Å². The molecule has 200 valence electrons. The molecule has 3 amide bonds. The third-order valence-corrected chi connectivity index (χ3v) is 6.21. The molecular formula is C24H32N6O7. The van der Waals surface area contributed by atoms with Gasteiger partial charge in [0, 0.05) is 31.3 Å². The number of carboxylic acid groups (broad SMARTS) is 1. The zero-order valence-electron chi connectivity index (χ0n) is 20.3. The van der Waals surface area contributed by atoms with Crippen LogP contribution in [-0.2, 0) is 32.0 Å². The van der Waals surface area contributed by atoms with Gasteiger partial charge in [0.25, 0.3) is 0 Å². The number of aliphatic hydroxyl groups is 1. The van der Waals surface area contributed by atoms with Crippen molar-refractivity contribution in [2.75, 3.05) is 6.54 Å².